The number of carbonyl (C=O) groups excluding carboxylic acids is 1. The highest BCUT2D eigenvalue weighted by Crippen LogP contribution is 2.65. The monoisotopic (exact) mass is 350 g/mol. The largest absolute Gasteiger partial charge is 0.294 e. The number of carbonyl (C=O) groups is 1. The van der Waals surface area contributed by atoms with Gasteiger partial charge in [0.2, 0.25) is 0 Å². The van der Waals surface area contributed by atoms with Crippen LogP contribution in [0.1, 0.15) is 21.8 Å². The topological polar surface area (TPSA) is 64.7 Å². The lowest BCUT2D eigenvalue weighted by Crippen LogP contribution is -2.08. The third-order valence-corrected chi connectivity index (χ3v) is 4.67. The van der Waals surface area contributed by atoms with E-state index in [0.29, 0.717) is 5.56 Å². The molecule has 0 N–H and O–H groups in total. The highest BCUT2D eigenvalue weighted by molar-refractivity contribution is 9.10. The minimum atomic E-state index is -1.26. The molecule has 0 heterocycles. The summed E-state index contributed by atoms with van der Waals surface area (Å²) < 4.78 is 0.919. The average Bonchev–Trinajstić information content (AvgIpc) is 3.25. The molecule has 3 nitrogen and oxygen atoms in total. The predicted octanol–water partition coefficient (Wildman–Crippen LogP) is 4.08. The van der Waals surface area contributed by atoms with Crippen LogP contribution in [0.5, 0.6) is 0 Å². The van der Waals surface area contributed by atoms with Crippen molar-refractivity contribution in [3.63, 3.8) is 0 Å². The van der Waals surface area contributed by atoms with Gasteiger partial charge in [-0.2, -0.15) is 10.5 Å². The normalized spacial score (nSPS) is 21.4. The number of halogens is 1. The molecular formula is C18H11BrN2O. The summed E-state index contributed by atoms with van der Waals surface area (Å²) in [7, 11) is 0. The molecule has 0 amide bonds. The first-order valence-corrected chi connectivity index (χ1v) is 7.60. The molecule has 0 radical (unpaired) electrons. The minimum Gasteiger partial charge on any atom is -0.294 e. The molecular weight excluding hydrogens is 340 g/mol. The molecule has 2 aromatic carbocycles. The van der Waals surface area contributed by atoms with E-state index in [9.17, 15) is 15.3 Å². The molecule has 2 unspecified atom stereocenters. The second-order valence-corrected chi connectivity index (χ2v) is 6.25. The van der Waals surface area contributed by atoms with Gasteiger partial charge >= 0.3 is 0 Å². The maximum atomic E-state index is 12.7. The Morgan fingerprint density at radius 1 is 1.00 bits per heavy atom. The van der Waals surface area contributed by atoms with Crippen LogP contribution in [0.25, 0.3) is 0 Å². The quantitative estimate of drug-likeness (QED) is 0.783. The highest BCUT2D eigenvalue weighted by Gasteiger charge is 2.70. The van der Waals surface area contributed by atoms with E-state index in [2.05, 4.69) is 28.1 Å². The summed E-state index contributed by atoms with van der Waals surface area (Å²) in [5.41, 5.74) is 0.128. The summed E-state index contributed by atoms with van der Waals surface area (Å²) in [6.45, 7) is 0. The van der Waals surface area contributed by atoms with E-state index in [1.165, 1.54) is 0 Å². The zero-order chi connectivity index (χ0) is 15.7. The smallest absolute Gasteiger partial charge is 0.169 e. The van der Waals surface area contributed by atoms with E-state index < -0.39 is 11.3 Å². The fraction of sp³-hybridized carbons (Fsp3) is 0.167. The van der Waals surface area contributed by atoms with Crippen LogP contribution in [-0.4, -0.2) is 5.78 Å². The van der Waals surface area contributed by atoms with E-state index in [4.69, 9.17) is 0 Å². The predicted molar refractivity (Wildman–Crippen MR) is 84.8 cm³/mol. The molecule has 4 heteroatoms. The molecule has 1 aliphatic rings. The van der Waals surface area contributed by atoms with Gasteiger partial charge in [-0.05, 0) is 17.7 Å². The third-order valence-electron chi connectivity index (χ3n) is 4.15. The third kappa shape index (κ3) is 2.13. The van der Waals surface area contributed by atoms with Gasteiger partial charge in [-0.1, -0.05) is 58.4 Å². The van der Waals surface area contributed by atoms with Gasteiger partial charge in [0, 0.05) is 16.0 Å². The van der Waals surface area contributed by atoms with Gasteiger partial charge in [0.05, 0.1) is 18.1 Å². The van der Waals surface area contributed by atoms with Crippen LogP contribution in [-0.2, 0) is 0 Å². The lowest BCUT2D eigenvalue weighted by molar-refractivity contribution is 0.0958. The van der Waals surface area contributed by atoms with Gasteiger partial charge in [-0.25, -0.2) is 0 Å². The van der Waals surface area contributed by atoms with E-state index in [-0.39, 0.29) is 11.7 Å². The molecule has 2 atom stereocenters. The Kier molecular flexibility index (Phi) is 3.56. The van der Waals surface area contributed by atoms with Crippen molar-refractivity contribution in [2.75, 3.05) is 0 Å². The Bertz CT molecular complexity index is 786. The van der Waals surface area contributed by atoms with Gasteiger partial charge in [0.25, 0.3) is 0 Å². The van der Waals surface area contributed by atoms with Crippen molar-refractivity contribution in [2.45, 2.75) is 5.92 Å². The van der Waals surface area contributed by atoms with Crippen molar-refractivity contribution in [1.82, 2.24) is 0 Å². The van der Waals surface area contributed by atoms with Crippen LogP contribution in [0.15, 0.2) is 59.1 Å². The lowest BCUT2D eigenvalue weighted by atomic mass is 10.0. The molecule has 3 rings (SSSR count). The molecule has 0 spiro atoms. The minimum absolute atomic E-state index is 0.142. The highest BCUT2D eigenvalue weighted by atomic mass is 79.9. The molecule has 0 saturated heterocycles. The number of rotatable bonds is 3. The van der Waals surface area contributed by atoms with Gasteiger partial charge in [0.1, 0.15) is 0 Å². The Balaban J connectivity index is 2.00. The number of nitriles is 2. The van der Waals surface area contributed by atoms with Gasteiger partial charge < -0.3 is 0 Å². The summed E-state index contributed by atoms with van der Waals surface area (Å²) in [5.74, 6) is -1.12. The zero-order valence-corrected chi connectivity index (χ0v) is 13.1. The maximum absolute atomic E-state index is 12.7. The van der Waals surface area contributed by atoms with Gasteiger partial charge in [0.15, 0.2) is 11.2 Å². The number of benzene rings is 2. The number of hydrogen-bond donors (Lipinski definition) is 0. The first-order valence-electron chi connectivity index (χ1n) is 6.81. The van der Waals surface area contributed by atoms with Crippen molar-refractivity contribution >= 4 is 21.7 Å². The van der Waals surface area contributed by atoms with E-state index in [0.717, 1.165) is 10.0 Å². The van der Waals surface area contributed by atoms with Crippen molar-refractivity contribution in [3.8, 4) is 12.1 Å². The molecule has 2 aromatic rings. The van der Waals surface area contributed by atoms with E-state index >= 15 is 0 Å². The fourth-order valence-corrected chi connectivity index (χ4v) is 3.22. The number of ketones is 1. The summed E-state index contributed by atoms with van der Waals surface area (Å²) >= 11 is 3.36. The molecule has 106 valence electrons. The van der Waals surface area contributed by atoms with Gasteiger partial charge in [-0.15, -0.1) is 0 Å². The number of nitrogens with zero attached hydrogens (tertiary/aromatic N) is 2. The second kappa shape index (κ2) is 5.40. The van der Waals surface area contributed by atoms with Crippen molar-refractivity contribution in [2.24, 2.45) is 11.3 Å². The molecule has 1 aliphatic carbocycles. The molecule has 1 saturated carbocycles. The summed E-state index contributed by atoms with van der Waals surface area (Å²) in [4.78, 5) is 12.7. The van der Waals surface area contributed by atoms with E-state index in [1.807, 2.05) is 30.3 Å². The summed E-state index contributed by atoms with van der Waals surface area (Å²) in [6.07, 6.45) is 0. The van der Waals surface area contributed by atoms with Crippen LogP contribution < -0.4 is 0 Å². The standard InChI is InChI=1S/C18H11BrN2O/c19-14-8-6-12(7-9-14)15-16(18(15,10-20)11-21)17(22)13-4-2-1-3-5-13/h1-9,15-16H. The first-order chi connectivity index (χ1) is 10.6. The summed E-state index contributed by atoms with van der Waals surface area (Å²) in [5, 5.41) is 19.0. The van der Waals surface area contributed by atoms with Crippen LogP contribution >= 0.6 is 15.9 Å². The van der Waals surface area contributed by atoms with E-state index in [1.54, 1.807) is 24.3 Å². The Morgan fingerprint density at radius 3 is 2.14 bits per heavy atom. The average molecular weight is 351 g/mol. The molecule has 0 bridgehead atoms. The SMILES string of the molecule is N#CC1(C#N)C(C(=O)c2ccccc2)C1c1ccc(Br)cc1. The first kappa shape index (κ1) is 14.5. The zero-order valence-electron chi connectivity index (χ0n) is 11.5. The molecule has 22 heavy (non-hydrogen) atoms. The van der Waals surface area contributed by atoms with Crippen molar-refractivity contribution in [3.05, 3.63) is 70.2 Å². The maximum Gasteiger partial charge on any atom is 0.169 e. The lowest BCUT2D eigenvalue weighted by Gasteiger charge is -2.00. The molecule has 1 fully saturated rings. The molecule has 0 aliphatic heterocycles. The van der Waals surface area contributed by atoms with Crippen LogP contribution in [0.4, 0.5) is 0 Å². The fourth-order valence-electron chi connectivity index (χ4n) is 2.96. The Hall–Kier alpha value is -2.43. The second-order valence-electron chi connectivity index (χ2n) is 5.33. The van der Waals surface area contributed by atoms with Gasteiger partial charge in [-0.3, -0.25) is 4.79 Å². The van der Waals surface area contributed by atoms with Crippen molar-refractivity contribution < 1.29 is 4.79 Å². The van der Waals surface area contributed by atoms with Crippen molar-refractivity contribution in [1.29, 1.82) is 10.5 Å². The Labute approximate surface area is 136 Å². The summed E-state index contributed by atoms with van der Waals surface area (Å²) in [6, 6.07) is 20.4. The van der Waals surface area contributed by atoms with Crippen LogP contribution in [0, 0.1) is 34.0 Å². The van der Waals surface area contributed by atoms with Crippen LogP contribution in [0.2, 0.25) is 0 Å². The number of Topliss-reactive ketones (excluding diaryl/α,β-unsaturated/α-hetero) is 1. The van der Waals surface area contributed by atoms with Crippen LogP contribution in [0.3, 0.4) is 0 Å². The molecule has 0 aromatic heterocycles. The Morgan fingerprint density at radius 2 is 1.59 bits per heavy atom. The number of hydrogen-bond acceptors (Lipinski definition) is 3.